The van der Waals surface area contributed by atoms with E-state index in [4.69, 9.17) is 0 Å². The first-order valence-electron chi connectivity index (χ1n) is 6.44. The lowest BCUT2D eigenvalue weighted by Crippen LogP contribution is -1.92. The Morgan fingerprint density at radius 1 is 1.00 bits per heavy atom. The van der Waals surface area contributed by atoms with Gasteiger partial charge < -0.3 is 0 Å². The first kappa shape index (κ1) is 12.5. The van der Waals surface area contributed by atoms with Gasteiger partial charge in [-0.15, -0.1) is 0 Å². The highest BCUT2D eigenvalue weighted by atomic mass is 19.1. The van der Waals surface area contributed by atoms with Crippen molar-refractivity contribution in [2.75, 3.05) is 0 Å². The molecule has 20 heavy (non-hydrogen) atoms. The van der Waals surface area contributed by atoms with Crippen LogP contribution in [0.2, 0.25) is 0 Å². The van der Waals surface area contributed by atoms with Gasteiger partial charge in [0.2, 0.25) is 0 Å². The van der Waals surface area contributed by atoms with Gasteiger partial charge in [0.15, 0.2) is 0 Å². The smallest absolute Gasteiger partial charge is 0.150 e. The van der Waals surface area contributed by atoms with Gasteiger partial charge in [-0.3, -0.25) is 4.79 Å². The molecule has 0 aliphatic carbocycles. The maximum Gasteiger partial charge on any atom is 0.150 e. The predicted octanol–water partition coefficient (Wildman–Crippen LogP) is 4.77. The molecule has 0 N–H and O–H groups in total. The zero-order chi connectivity index (χ0) is 14.1. The van der Waals surface area contributed by atoms with E-state index in [9.17, 15) is 9.18 Å². The van der Waals surface area contributed by atoms with Crippen molar-refractivity contribution in [3.63, 3.8) is 0 Å². The van der Waals surface area contributed by atoms with Crippen LogP contribution < -0.4 is 0 Å². The maximum absolute atomic E-state index is 14.2. The summed E-state index contributed by atoms with van der Waals surface area (Å²) in [6.07, 6.45) is 0.739. The largest absolute Gasteiger partial charge is 0.298 e. The van der Waals surface area contributed by atoms with Crippen LogP contribution in [0.1, 0.15) is 15.9 Å². The Hall–Kier alpha value is -2.48. The SMILES string of the molecule is Cc1ccc2ccccc2c1-c1cc(C=O)ccc1F. The summed E-state index contributed by atoms with van der Waals surface area (Å²) < 4.78 is 14.2. The van der Waals surface area contributed by atoms with Crippen molar-refractivity contribution in [1.82, 2.24) is 0 Å². The molecule has 0 saturated carbocycles. The first-order valence-corrected chi connectivity index (χ1v) is 6.44. The summed E-state index contributed by atoms with van der Waals surface area (Å²) >= 11 is 0. The third-order valence-corrected chi connectivity index (χ3v) is 3.53. The predicted molar refractivity (Wildman–Crippen MR) is 79.5 cm³/mol. The van der Waals surface area contributed by atoms with Crippen LogP contribution in [0.3, 0.4) is 0 Å². The maximum atomic E-state index is 14.2. The quantitative estimate of drug-likeness (QED) is 0.609. The van der Waals surface area contributed by atoms with Crippen LogP contribution in [0.4, 0.5) is 4.39 Å². The second-order valence-corrected chi connectivity index (χ2v) is 4.84. The Bertz CT molecular complexity index is 806. The van der Waals surface area contributed by atoms with E-state index in [1.165, 1.54) is 12.1 Å². The van der Waals surface area contributed by atoms with Crippen LogP contribution in [-0.2, 0) is 0 Å². The molecule has 0 heterocycles. The third-order valence-electron chi connectivity index (χ3n) is 3.53. The van der Waals surface area contributed by atoms with E-state index >= 15 is 0 Å². The minimum Gasteiger partial charge on any atom is -0.298 e. The lowest BCUT2D eigenvalue weighted by molar-refractivity contribution is 0.112. The highest BCUT2D eigenvalue weighted by Crippen LogP contribution is 2.33. The Kier molecular flexibility index (Phi) is 3.07. The minimum atomic E-state index is -0.310. The number of halogens is 1. The van der Waals surface area contributed by atoms with Gasteiger partial charge >= 0.3 is 0 Å². The van der Waals surface area contributed by atoms with Gasteiger partial charge in [-0.05, 0) is 47.0 Å². The highest BCUT2D eigenvalue weighted by Gasteiger charge is 2.12. The summed E-state index contributed by atoms with van der Waals surface area (Å²) in [7, 11) is 0. The van der Waals surface area contributed by atoms with Crippen molar-refractivity contribution < 1.29 is 9.18 Å². The summed E-state index contributed by atoms with van der Waals surface area (Å²) in [5.41, 5.74) is 2.80. The zero-order valence-corrected chi connectivity index (χ0v) is 11.1. The summed E-state index contributed by atoms with van der Waals surface area (Å²) in [4.78, 5) is 10.9. The summed E-state index contributed by atoms with van der Waals surface area (Å²) in [6, 6.07) is 16.3. The molecular weight excluding hydrogens is 251 g/mol. The van der Waals surface area contributed by atoms with E-state index in [-0.39, 0.29) is 5.82 Å². The number of aldehydes is 1. The molecule has 0 saturated heterocycles. The zero-order valence-electron chi connectivity index (χ0n) is 11.1. The topological polar surface area (TPSA) is 17.1 Å². The fraction of sp³-hybridized carbons (Fsp3) is 0.0556. The number of rotatable bonds is 2. The number of benzene rings is 3. The molecule has 0 aromatic heterocycles. The third kappa shape index (κ3) is 1.99. The molecule has 0 amide bonds. The van der Waals surface area contributed by atoms with Crippen LogP contribution in [0, 0.1) is 12.7 Å². The van der Waals surface area contributed by atoms with Gasteiger partial charge in [0.05, 0.1) is 0 Å². The number of aryl methyl sites for hydroxylation is 1. The summed E-state index contributed by atoms with van der Waals surface area (Å²) in [5, 5.41) is 2.05. The molecular formula is C18H13FO. The first-order chi connectivity index (χ1) is 9.70. The van der Waals surface area contributed by atoms with E-state index < -0.39 is 0 Å². The fourth-order valence-electron chi connectivity index (χ4n) is 2.55. The monoisotopic (exact) mass is 264 g/mol. The van der Waals surface area contributed by atoms with Gasteiger partial charge in [0.25, 0.3) is 0 Å². The van der Waals surface area contributed by atoms with E-state index in [1.54, 1.807) is 6.07 Å². The van der Waals surface area contributed by atoms with Crippen LogP contribution in [0.15, 0.2) is 54.6 Å². The fourth-order valence-corrected chi connectivity index (χ4v) is 2.55. The lowest BCUT2D eigenvalue weighted by Gasteiger charge is -2.12. The molecule has 0 aliphatic heterocycles. The van der Waals surface area contributed by atoms with Gasteiger partial charge in [0.1, 0.15) is 12.1 Å². The van der Waals surface area contributed by atoms with Gasteiger partial charge in [0, 0.05) is 11.1 Å². The van der Waals surface area contributed by atoms with Crippen molar-refractivity contribution in [2.45, 2.75) is 6.92 Å². The molecule has 0 fully saturated rings. The molecule has 3 aromatic rings. The van der Waals surface area contributed by atoms with Crippen molar-refractivity contribution in [3.8, 4) is 11.1 Å². The Labute approximate surface area is 116 Å². The Morgan fingerprint density at radius 3 is 2.60 bits per heavy atom. The Balaban J connectivity index is 2.39. The molecule has 0 radical (unpaired) electrons. The number of hydrogen-bond donors (Lipinski definition) is 0. The van der Waals surface area contributed by atoms with Crippen molar-refractivity contribution in [3.05, 3.63) is 71.5 Å². The molecule has 1 nitrogen and oxygen atoms in total. The van der Waals surface area contributed by atoms with Crippen LogP contribution in [0.5, 0.6) is 0 Å². The van der Waals surface area contributed by atoms with Crippen molar-refractivity contribution in [1.29, 1.82) is 0 Å². The molecule has 3 rings (SSSR count). The molecule has 3 aromatic carbocycles. The van der Waals surface area contributed by atoms with E-state index in [2.05, 4.69) is 0 Å². The average Bonchev–Trinajstić information content (AvgIpc) is 2.48. The summed E-state index contributed by atoms with van der Waals surface area (Å²) in [6.45, 7) is 1.95. The summed E-state index contributed by atoms with van der Waals surface area (Å²) in [5.74, 6) is -0.310. The normalized spacial score (nSPS) is 10.7. The number of carbonyl (C=O) groups is 1. The number of fused-ring (bicyclic) bond motifs is 1. The van der Waals surface area contributed by atoms with Crippen molar-refractivity contribution in [2.24, 2.45) is 0 Å². The van der Waals surface area contributed by atoms with Crippen molar-refractivity contribution >= 4 is 17.1 Å². The second kappa shape index (κ2) is 4.89. The van der Waals surface area contributed by atoms with E-state index in [0.29, 0.717) is 11.1 Å². The van der Waals surface area contributed by atoms with Gasteiger partial charge in [-0.25, -0.2) is 4.39 Å². The van der Waals surface area contributed by atoms with Crippen LogP contribution in [-0.4, -0.2) is 6.29 Å². The van der Waals surface area contributed by atoms with Gasteiger partial charge in [-0.2, -0.15) is 0 Å². The highest BCUT2D eigenvalue weighted by molar-refractivity contribution is 5.99. The second-order valence-electron chi connectivity index (χ2n) is 4.84. The average molecular weight is 264 g/mol. The number of carbonyl (C=O) groups excluding carboxylic acids is 1. The van der Waals surface area contributed by atoms with Crippen LogP contribution in [0.25, 0.3) is 21.9 Å². The Morgan fingerprint density at radius 2 is 1.80 bits per heavy atom. The molecule has 0 bridgehead atoms. The molecule has 0 spiro atoms. The van der Waals surface area contributed by atoms with E-state index in [1.807, 2.05) is 43.3 Å². The lowest BCUT2D eigenvalue weighted by atomic mass is 9.93. The standard InChI is InChI=1S/C18H13FO/c1-12-6-8-14-4-2-3-5-15(14)18(12)16-10-13(11-20)7-9-17(16)19/h2-11H,1H3. The molecule has 0 unspecified atom stereocenters. The molecule has 0 aliphatic rings. The van der Waals surface area contributed by atoms with E-state index in [0.717, 1.165) is 28.2 Å². The van der Waals surface area contributed by atoms with Crippen LogP contribution >= 0.6 is 0 Å². The van der Waals surface area contributed by atoms with Gasteiger partial charge in [-0.1, -0.05) is 36.4 Å². The number of hydrogen-bond acceptors (Lipinski definition) is 1. The molecule has 0 atom stereocenters. The molecule has 2 heteroatoms. The minimum absolute atomic E-state index is 0.310. The molecule has 98 valence electrons.